The van der Waals surface area contributed by atoms with Crippen LogP contribution in [-0.4, -0.2) is 19.1 Å². The van der Waals surface area contributed by atoms with E-state index in [2.05, 4.69) is 11.8 Å². The van der Waals surface area contributed by atoms with Gasteiger partial charge in [0.1, 0.15) is 5.60 Å². The van der Waals surface area contributed by atoms with Crippen LogP contribution in [0.3, 0.4) is 0 Å². The zero-order valence-electron chi connectivity index (χ0n) is 9.71. The average molecular weight is 250 g/mol. The molecule has 1 aromatic carbocycles. The maximum atomic E-state index is 11.7. The Balaban J connectivity index is 2.88. The summed E-state index contributed by atoms with van der Waals surface area (Å²) in [6, 6.07) is 8.09. The zero-order chi connectivity index (χ0) is 12.9. The van der Waals surface area contributed by atoms with E-state index >= 15 is 0 Å². The Morgan fingerprint density at radius 2 is 1.82 bits per heavy atom. The Morgan fingerprint density at radius 3 is 2.35 bits per heavy atom. The van der Waals surface area contributed by atoms with Crippen molar-refractivity contribution in [1.29, 1.82) is 0 Å². The summed E-state index contributed by atoms with van der Waals surface area (Å²) in [6.45, 7) is 3.05. The summed E-state index contributed by atoms with van der Waals surface area (Å²) in [5.41, 5.74) is -1.12. The Labute approximate surface area is 102 Å². The van der Waals surface area contributed by atoms with Crippen molar-refractivity contribution in [3.05, 3.63) is 41.8 Å². The number of aliphatic hydroxyl groups is 1. The quantitative estimate of drug-likeness (QED) is 0.814. The third kappa shape index (κ3) is 4.85. The molecule has 0 aliphatic heterocycles. The monoisotopic (exact) mass is 250 g/mol. The predicted octanol–water partition coefficient (Wildman–Crippen LogP) is 1.75. The van der Waals surface area contributed by atoms with E-state index in [0.29, 0.717) is 0 Å². The van der Waals surface area contributed by atoms with Crippen LogP contribution >= 0.6 is 0 Å². The molecule has 17 heavy (non-hydrogen) atoms. The molecular weight excluding hydrogens is 236 g/mol. The molecule has 0 atom stereocenters. The first-order valence-corrected chi connectivity index (χ1v) is 6.58. The summed E-state index contributed by atoms with van der Waals surface area (Å²) in [5, 5.41) is 10.3. The Morgan fingerprint density at radius 1 is 1.24 bits per heavy atom. The van der Waals surface area contributed by atoms with Crippen LogP contribution in [-0.2, 0) is 9.84 Å². The summed E-state index contributed by atoms with van der Waals surface area (Å²) in [4.78, 5) is 0.223. The fourth-order valence-electron chi connectivity index (χ4n) is 1.03. The molecule has 3 nitrogen and oxygen atoms in total. The minimum absolute atomic E-state index is 0.223. The molecule has 0 bridgehead atoms. The number of rotatable bonds is 2. The van der Waals surface area contributed by atoms with Crippen molar-refractivity contribution < 1.29 is 13.5 Å². The van der Waals surface area contributed by atoms with Crippen LogP contribution in [0, 0.1) is 11.8 Å². The van der Waals surface area contributed by atoms with E-state index in [1.807, 2.05) is 0 Å². The molecule has 1 N–H and O–H groups in total. The number of hydrogen-bond acceptors (Lipinski definition) is 3. The van der Waals surface area contributed by atoms with Gasteiger partial charge in [0.15, 0.2) is 9.84 Å². The van der Waals surface area contributed by atoms with E-state index in [4.69, 9.17) is 0 Å². The molecule has 1 rings (SSSR count). The number of benzene rings is 1. The molecular formula is C13H14O3S. The van der Waals surface area contributed by atoms with Gasteiger partial charge in [0.2, 0.25) is 0 Å². The van der Waals surface area contributed by atoms with Crippen molar-refractivity contribution in [3.8, 4) is 11.8 Å². The number of sulfone groups is 1. The van der Waals surface area contributed by atoms with Crippen LogP contribution in [0.15, 0.2) is 46.7 Å². The van der Waals surface area contributed by atoms with Gasteiger partial charge in [-0.2, -0.15) is 0 Å². The third-order valence-corrected chi connectivity index (χ3v) is 3.20. The highest BCUT2D eigenvalue weighted by molar-refractivity contribution is 7.94. The summed E-state index contributed by atoms with van der Waals surface area (Å²) >= 11 is 0. The smallest absolute Gasteiger partial charge is 0.200 e. The van der Waals surface area contributed by atoms with Gasteiger partial charge in [0, 0.05) is 5.41 Å². The van der Waals surface area contributed by atoms with Gasteiger partial charge in [-0.25, -0.2) is 8.42 Å². The summed E-state index contributed by atoms with van der Waals surface area (Å²) in [6.07, 6.45) is 1.22. The van der Waals surface area contributed by atoms with Crippen LogP contribution in [0.5, 0.6) is 0 Å². The van der Waals surface area contributed by atoms with Crippen molar-refractivity contribution in [2.24, 2.45) is 0 Å². The minimum atomic E-state index is -3.44. The molecule has 0 aliphatic carbocycles. The van der Waals surface area contributed by atoms with Gasteiger partial charge < -0.3 is 5.11 Å². The van der Waals surface area contributed by atoms with Crippen LogP contribution in [0.25, 0.3) is 0 Å². The fourth-order valence-corrected chi connectivity index (χ4v) is 1.97. The van der Waals surface area contributed by atoms with E-state index in [1.165, 1.54) is 32.1 Å². The summed E-state index contributed by atoms with van der Waals surface area (Å²) in [7, 11) is -3.44. The third-order valence-electron chi connectivity index (χ3n) is 1.78. The Kier molecular flexibility index (Phi) is 4.11. The molecule has 0 fully saturated rings. The topological polar surface area (TPSA) is 54.4 Å². The molecule has 0 radical (unpaired) electrons. The highest BCUT2D eigenvalue weighted by Gasteiger charge is 2.08. The molecule has 0 unspecified atom stereocenters. The largest absolute Gasteiger partial charge is 0.378 e. The van der Waals surface area contributed by atoms with Crippen LogP contribution in [0.1, 0.15) is 13.8 Å². The number of allylic oxidation sites excluding steroid dienone is 1. The van der Waals surface area contributed by atoms with Crippen molar-refractivity contribution in [3.63, 3.8) is 0 Å². The van der Waals surface area contributed by atoms with Crippen LogP contribution < -0.4 is 0 Å². The normalized spacial score (nSPS) is 12.2. The van der Waals surface area contributed by atoms with Gasteiger partial charge in [-0.15, -0.1) is 0 Å². The van der Waals surface area contributed by atoms with E-state index in [-0.39, 0.29) is 4.90 Å². The second-order valence-electron chi connectivity index (χ2n) is 3.99. The molecule has 0 spiro atoms. The van der Waals surface area contributed by atoms with E-state index in [0.717, 1.165) is 5.41 Å². The molecule has 90 valence electrons. The Hall–Kier alpha value is -1.57. The van der Waals surface area contributed by atoms with Crippen molar-refractivity contribution in [2.45, 2.75) is 24.3 Å². The highest BCUT2D eigenvalue weighted by Crippen LogP contribution is 2.10. The SMILES string of the molecule is CC(C)(O)C#C/C=C/S(=O)(=O)c1ccccc1. The fraction of sp³-hybridized carbons (Fsp3) is 0.231. The van der Waals surface area contributed by atoms with Gasteiger partial charge in [-0.3, -0.25) is 0 Å². The molecule has 0 heterocycles. The highest BCUT2D eigenvalue weighted by atomic mass is 32.2. The summed E-state index contributed by atoms with van der Waals surface area (Å²) < 4.78 is 23.5. The van der Waals surface area contributed by atoms with Gasteiger partial charge in [0.25, 0.3) is 0 Å². The second kappa shape index (κ2) is 5.17. The molecule has 0 aliphatic rings. The zero-order valence-corrected chi connectivity index (χ0v) is 10.5. The molecule has 4 heteroatoms. The average Bonchev–Trinajstić information content (AvgIpc) is 2.25. The maximum absolute atomic E-state index is 11.7. The van der Waals surface area contributed by atoms with Gasteiger partial charge in [-0.05, 0) is 32.1 Å². The van der Waals surface area contributed by atoms with Gasteiger partial charge in [-0.1, -0.05) is 30.0 Å². The first-order chi connectivity index (χ1) is 7.81. The van der Waals surface area contributed by atoms with Crippen LogP contribution in [0.4, 0.5) is 0 Å². The standard InChI is InChI=1S/C13H14O3S/c1-13(2,14)10-6-7-11-17(15,16)12-8-4-3-5-9-12/h3-5,7-9,11,14H,1-2H3/b11-7+. The van der Waals surface area contributed by atoms with Gasteiger partial charge >= 0.3 is 0 Å². The molecule has 0 saturated carbocycles. The molecule has 0 aromatic heterocycles. The van der Waals surface area contributed by atoms with Crippen molar-refractivity contribution in [2.75, 3.05) is 0 Å². The second-order valence-corrected chi connectivity index (χ2v) is 5.82. The minimum Gasteiger partial charge on any atom is -0.378 e. The molecule has 0 amide bonds. The first-order valence-electron chi connectivity index (χ1n) is 5.03. The van der Waals surface area contributed by atoms with Crippen LogP contribution in [0.2, 0.25) is 0 Å². The lowest BCUT2D eigenvalue weighted by atomic mass is 10.1. The van der Waals surface area contributed by atoms with E-state index in [9.17, 15) is 13.5 Å². The lowest BCUT2D eigenvalue weighted by Gasteiger charge is -2.05. The number of hydrogen-bond donors (Lipinski definition) is 1. The lowest BCUT2D eigenvalue weighted by Crippen LogP contribution is -2.14. The Bertz CT molecular complexity index is 552. The van der Waals surface area contributed by atoms with E-state index < -0.39 is 15.4 Å². The molecule has 0 saturated heterocycles. The predicted molar refractivity (Wildman–Crippen MR) is 66.8 cm³/mol. The summed E-state index contributed by atoms with van der Waals surface area (Å²) in [5.74, 6) is 4.99. The van der Waals surface area contributed by atoms with Crippen molar-refractivity contribution >= 4 is 9.84 Å². The van der Waals surface area contributed by atoms with Crippen molar-refractivity contribution in [1.82, 2.24) is 0 Å². The lowest BCUT2D eigenvalue weighted by molar-refractivity contribution is 0.143. The van der Waals surface area contributed by atoms with Gasteiger partial charge in [0.05, 0.1) is 4.90 Å². The van der Waals surface area contributed by atoms with E-state index in [1.54, 1.807) is 18.2 Å². The maximum Gasteiger partial charge on any atom is 0.200 e. The first kappa shape index (κ1) is 13.5. The molecule has 1 aromatic rings.